The highest BCUT2D eigenvalue weighted by molar-refractivity contribution is 6.32. The molecule has 0 unspecified atom stereocenters. The Bertz CT molecular complexity index is 1180. The van der Waals surface area contributed by atoms with E-state index in [1.165, 1.54) is 24.3 Å². The lowest BCUT2D eigenvalue weighted by Gasteiger charge is -2.13. The number of nitriles is 1. The Hall–Kier alpha value is -3.41. The molecule has 0 aliphatic rings. The predicted molar refractivity (Wildman–Crippen MR) is 112 cm³/mol. The van der Waals surface area contributed by atoms with E-state index in [4.69, 9.17) is 33.2 Å². The molecule has 0 fully saturated rings. The number of nitrogens with one attached hydrogen (secondary N) is 2. The third kappa shape index (κ3) is 5.81. The third-order valence-electron chi connectivity index (χ3n) is 3.92. The summed E-state index contributed by atoms with van der Waals surface area (Å²) in [7, 11) is 0. The largest absolute Gasteiger partial charge is 0.457 e. The zero-order valence-corrected chi connectivity index (χ0v) is 16.9. The first-order valence-corrected chi connectivity index (χ1v) is 9.33. The molecule has 5 nitrogen and oxygen atoms in total. The molecule has 10 heteroatoms. The summed E-state index contributed by atoms with van der Waals surface area (Å²) >= 11 is 11.5. The Labute approximate surface area is 185 Å². The fourth-order valence-corrected chi connectivity index (χ4v) is 2.97. The van der Waals surface area contributed by atoms with Crippen LogP contribution in [-0.4, -0.2) is 6.03 Å². The summed E-state index contributed by atoms with van der Waals surface area (Å²) in [6.45, 7) is 0. The van der Waals surface area contributed by atoms with Crippen molar-refractivity contribution in [1.29, 1.82) is 5.26 Å². The number of alkyl halides is 3. The number of ether oxygens (including phenoxy) is 1. The van der Waals surface area contributed by atoms with Gasteiger partial charge in [0, 0.05) is 23.5 Å². The van der Waals surface area contributed by atoms with Crippen LogP contribution in [0, 0.1) is 11.3 Å². The van der Waals surface area contributed by atoms with Crippen LogP contribution in [0.3, 0.4) is 0 Å². The number of halogens is 5. The van der Waals surface area contributed by atoms with Crippen LogP contribution in [0.2, 0.25) is 10.0 Å². The summed E-state index contributed by atoms with van der Waals surface area (Å²) in [5.74, 6) is 0.746. The lowest BCUT2D eigenvalue weighted by molar-refractivity contribution is -0.137. The summed E-state index contributed by atoms with van der Waals surface area (Å²) in [6.07, 6.45) is -4.65. The molecule has 0 bridgehead atoms. The number of anilines is 2. The second-order valence-corrected chi connectivity index (χ2v) is 6.97. The molecule has 0 aliphatic heterocycles. The number of hydrogen-bond donors (Lipinski definition) is 2. The van der Waals surface area contributed by atoms with Gasteiger partial charge in [0.25, 0.3) is 0 Å². The lowest BCUT2D eigenvalue weighted by Crippen LogP contribution is -2.20. The number of carbonyl (C=O) groups excluding carboxylic acids is 1. The Morgan fingerprint density at radius 2 is 1.58 bits per heavy atom. The molecular weight excluding hydrogens is 454 g/mol. The van der Waals surface area contributed by atoms with Crippen LogP contribution in [0.5, 0.6) is 11.5 Å². The lowest BCUT2D eigenvalue weighted by atomic mass is 10.2. The van der Waals surface area contributed by atoms with Crippen molar-refractivity contribution in [3.63, 3.8) is 0 Å². The zero-order valence-electron chi connectivity index (χ0n) is 15.4. The second kappa shape index (κ2) is 9.16. The quantitative estimate of drug-likeness (QED) is 0.423. The van der Waals surface area contributed by atoms with E-state index in [-0.39, 0.29) is 10.7 Å². The van der Waals surface area contributed by atoms with Crippen molar-refractivity contribution in [3.8, 4) is 17.6 Å². The van der Waals surface area contributed by atoms with Crippen molar-refractivity contribution >= 4 is 40.6 Å². The average Bonchev–Trinajstić information content (AvgIpc) is 2.69. The van der Waals surface area contributed by atoms with Gasteiger partial charge in [0.2, 0.25) is 0 Å². The molecule has 0 heterocycles. The molecule has 3 aromatic carbocycles. The van der Waals surface area contributed by atoms with E-state index >= 15 is 0 Å². The molecule has 31 heavy (non-hydrogen) atoms. The highest BCUT2D eigenvalue weighted by Gasteiger charge is 2.33. The Morgan fingerprint density at radius 1 is 0.903 bits per heavy atom. The van der Waals surface area contributed by atoms with Crippen LogP contribution in [-0.2, 0) is 6.18 Å². The van der Waals surface area contributed by atoms with Crippen LogP contribution in [0.15, 0.2) is 60.7 Å². The van der Waals surface area contributed by atoms with E-state index < -0.39 is 22.8 Å². The average molecular weight is 466 g/mol. The van der Waals surface area contributed by atoms with Gasteiger partial charge in [-0.2, -0.15) is 18.4 Å². The summed E-state index contributed by atoms with van der Waals surface area (Å²) in [6, 6.07) is 15.1. The van der Waals surface area contributed by atoms with Gasteiger partial charge in [-0.15, -0.1) is 0 Å². The molecule has 0 saturated heterocycles. The van der Waals surface area contributed by atoms with E-state index in [2.05, 4.69) is 10.6 Å². The standard InChI is InChI=1S/C21H12Cl2F3N3O2/c22-18-7-5-14(9-17(18)21(24,25)26)29-20(30)28-13-2-1-3-15(8-13)31-16-6-4-12(11-27)19(23)10-16/h1-10H,(H2,28,29,30). The van der Waals surface area contributed by atoms with E-state index in [1.807, 2.05) is 6.07 Å². The Balaban J connectivity index is 1.69. The molecule has 0 spiro atoms. The minimum absolute atomic E-state index is 0.0751. The van der Waals surface area contributed by atoms with Gasteiger partial charge in [0.05, 0.1) is 21.2 Å². The van der Waals surface area contributed by atoms with E-state index in [0.29, 0.717) is 22.7 Å². The molecular formula is C21H12Cl2F3N3O2. The number of carbonyl (C=O) groups is 1. The Kier molecular flexibility index (Phi) is 6.59. The highest BCUT2D eigenvalue weighted by atomic mass is 35.5. The maximum Gasteiger partial charge on any atom is 0.417 e. The van der Waals surface area contributed by atoms with E-state index in [1.54, 1.807) is 24.3 Å². The minimum atomic E-state index is -4.65. The molecule has 158 valence electrons. The van der Waals surface area contributed by atoms with Gasteiger partial charge in [-0.3, -0.25) is 0 Å². The topological polar surface area (TPSA) is 74.1 Å². The molecule has 2 amide bonds. The van der Waals surface area contributed by atoms with Crippen molar-refractivity contribution < 1.29 is 22.7 Å². The first-order valence-electron chi connectivity index (χ1n) is 8.58. The first kappa shape index (κ1) is 22.3. The SMILES string of the molecule is N#Cc1ccc(Oc2cccc(NC(=O)Nc3ccc(Cl)c(C(F)(F)F)c3)c2)cc1Cl. The predicted octanol–water partition coefficient (Wildman–Crippen LogP) is 7.32. The summed E-state index contributed by atoms with van der Waals surface area (Å²) < 4.78 is 44.5. The zero-order chi connectivity index (χ0) is 22.6. The molecule has 3 rings (SSSR count). The number of amides is 2. The number of rotatable bonds is 4. The molecule has 0 saturated carbocycles. The van der Waals surface area contributed by atoms with Crippen molar-refractivity contribution in [2.24, 2.45) is 0 Å². The van der Waals surface area contributed by atoms with Crippen molar-refractivity contribution in [3.05, 3.63) is 81.8 Å². The maximum absolute atomic E-state index is 13.0. The van der Waals surface area contributed by atoms with Gasteiger partial charge in [0.1, 0.15) is 17.6 Å². The van der Waals surface area contributed by atoms with Gasteiger partial charge in [-0.05, 0) is 42.5 Å². The number of urea groups is 1. The molecule has 0 aromatic heterocycles. The van der Waals surface area contributed by atoms with Crippen LogP contribution in [0.25, 0.3) is 0 Å². The van der Waals surface area contributed by atoms with Crippen LogP contribution >= 0.6 is 23.2 Å². The minimum Gasteiger partial charge on any atom is -0.457 e. The summed E-state index contributed by atoms with van der Waals surface area (Å²) in [4.78, 5) is 12.2. The first-order chi connectivity index (χ1) is 14.7. The molecule has 2 N–H and O–H groups in total. The van der Waals surface area contributed by atoms with Gasteiger partial charge in [0.15, 0.2) is 0 Å². The van der Waals surface area contributed by atoms with E-state index in [0.717, 1.165) is 12.1 Å². The summed E-state index contributed by atoms with van der Waals surface area (Å²) in [5.41, 5.74) is -0.492. The van der Waals surface area contributed by atoms with Crippen LogP contribution < -0.4 is 15.4 Å². The van der Waals surface area contributed by atoms with Gasteiger partial charge in [-0.25, -0.2) is 4.79 Å². The molecule has 0 aliphatic carbocycles. The number of nitrogens with zero attached hydrogens (tertiary/aromatic N) is 1. The highest BCUT2D eigenvalue weighted by Crippen LogP contribution is 2.36. The van der Waals surface area contributed by atoms with Crippen molar-refractivity contribution in [2.75, 3.05) is 10.6 Å². The molecule has 0 radical (unpaired) electrons. The summed E-state index contributed by atoms with van der Waals surface area (Å²) in [5, 5.41) is 13.5. The van der Waals surface area contributed by atoms with Gasteiger partial charge >= 0.3 is 12.2 Å². The fourth-order valence-electron chi connectivity index (χ4n) is 2.54. The molecule has 3 aromatic rings. The van der Waals surface area contributed by atoms with Gasteiger partial charge in [-0.1, -0.05) is 29.3 Å². The maximum atomic E-state index is 13.0. The number of hydrogen-bond acceptors (Lipinski definition) is 3. The van der Waals surface area contributed by atoms with E-state index in [9.17, 15) is 18.0 Å². The van der Waals surface area contributed by atoms with Crippen LogP contribution in [0.4, 0.5) is 29.3 Å². The monoisotopic (exact) mass is 465 g/mol. The smallest absolute Gasteiger partial charge is 0.417 e. The van der Waals surface area contributed by atoms with Gasteiger partial charge < -0.3 is 15.4 Å². The third-order valence-corrected chi connectivity index (χ3v) is 4.56. The van der Waals surface area contributed by atoms with Crippen LogP contribution in [0.1, 0.15) is 11.1 Å². The normalized spacial score (nSPS) is 10.8. The molecule has 0 atom stereocenters. The Morgan fingerprint density at radius 3 is 2.23 bits per heavy atom. The van der Waals surface area contributed by atoms with Crippen molar-refractivity contribution in [1.82, 2.24) is 0 Å². The number of benzene rings is 3. The van der Waals surface area contributed by atoms with Crippen molar-refractivity contribution in [2.45, 2.75) is 6.18 Å². The second-order valence-electron chi connectivity index (χ2n) is 6.15. The fraction of sp³-hybridized carbons (Fsp3) is 0.0476.